The van der Waals surface area contributed by atoms with Gasteiger partial charge in [0, 0.05) is 18.3 Å². The smallest absolute Gasteiger partial charge is 0.0479 e. The van der Waals surface area contributed by atoms with E-state index in [0.29, 0.717) is 0 Å². The highest BCUT2D eigenvalue weighted by Gasteiger charge is 2.13. The van der Waals surface area contributed by atoms with Crippen LogP contribution in [-0.2, 0) is 19.3 Å². The van der Waals surface area contributed by atoms with Crippen LogP contribution in [0.3, 0.4) is 0 Å². The van der Waals surface area contributed by atoms with Crippen molar-refractivity contribution >= 4 is 0 Å². The molecule has 1 aliphatic carbocycles. The summed E-state index contributed by atoms with van der Waals surface area (Å²) in [4.78, 5) is 4.50. The summed E-state index contributed by atoms with van der Waals surface area (Å²) >= 11 is 0. The van der Waals surface area contributed by atoms with Gasteiger partial charge in [0.05, 0.1) is 0 Å². The van der Waals surface area contributed by atoms with Gasteiger partial charge in [-0.15, -0.1) is 0 Å². The maximum Gasteiger partial charge on any atom is 0.0479 e. The quantitative estimate of drug-likeness (QED) is 0.674. The molecule has 1 heterocycles. The molecule has 0 bridgehead atoms. The molecule has 0 N–H and O–H groups in total. The molecule has 0 spiro atoms. The lowest BCUT2D eigenvalue weighted by atomic mass is 10.0. The Morgan fingerprint density at radius 2 is 1.72 bits per heavy atom. The first kappa shape index (κ1) is 12.8. The maximum atomic E-state index is 4.50. The van der Waals surface area contributed by atoms with Crippen molar-refractivity contribution in [1.29, 1.82) is 0 Å². The fourth-order valence-corrected chi connectivity index (χ4v) is 2.47. The molecule has 0 saturated heterocycles. The Bertz CT molecular complexity index is 529. The third-order valence-corrected chi connectivity index (χ3v) is 3.37. The molecule has 0 amide bonds. The lowest BCUT2D eigenvalue weighted by Gasteiger charge is -2.06. The van der Waals surface area contributed by atoms with Crippen molar-refractivity contribution in [3.63, 3.8) is 0 Å². The highest BCUT2D eigenvalue weighted by Crippen LogP contribution is 2.23. The topological polar surface area (TPSA) is 12.9 Å². The standard InChI is InChI=1S/C15H15N.C2H6/c1-11-4-5-14-10-15-12(3-2-8-16-15)6-7-13(14)9-11;1-2/h2-5,8-9H,6-7,10H2,1H3;1-2H3. The minimum atomic E-state index is 0.992. The molecule has 0 radical (unpaired) electrons. The number of aromatic nitrogens is 1. The lowest BCUT2D eigenvalue weighted by Crippen LogP contribution is -1.95. The molecular weight excluding hydrogens is 218 g/mol. The van der Waals surface area contributed by atoms with E-state index < -0.39 is 0 Å². The summed E-state index contributed by atoms with van der Waals surface area (Å²) in [5.41, 5.74) is 6.97. The Balaban J connectivity index is 0.000000574. The van der Waals surface area contributed by atoms with Gasteiger partial charge in [-0.25, -0.2) is 0 Å². The Kier molecular flexibility index (Phi) is 4.14. The molecule has 1 nitrogen and oxygen atoms in total. The van der Waals surface area contributed by atoms with Crippen LogP contribution in [0.2, 0.25) is 0 Å². The maximum absolute atomic E-state index is 4.50. The summed E-state index contributed by atoms with van der Waals surface area (Å²) in [5, 5.41) is 0. The minimum Gasteiger partial charge on any atom is -0.261 e. The molecule has 1 aromatic heterocycles. The summed E-state index contributed by atoms with van der Waals surface area (Å²) in [6.45, 7) is 6.16. The Hall–Kier alpha value is -1.63. The number of rotatable bonds is 0. The Morgan fingerprint density at radius 3 is 2.56 bits per heavy atom. The van der Waals surface area contributed by atoms with Crippen molar-refractivity contribution in [3.05, 3.63) is 64.5 Å². The third-order valence-electron chi connectivity index (χ3n) is 3.37. The van der Waals surface area contributed by atoms with Gasteiger partial charge >= 0.3 is 0 Å². The summed E-state index contributed by atoms with van der Waals surface area (Å²) < 4.78 is 0. The summed E-state index contributed by atoms with van der Waals surface area (Å²) in [6, 6.07) is 11.0. The number of benzene rings is 1. The van der Waals surface area contributed by atoms with Crippen molar-refractivity contribution in [2.45, 2.75) is 40.0 Å². The molecule has 1 aliphatic rings. The van der Waals surface area contributed by atoms with Crippen molar-refractivity contribution in [1.82, 2.24) is 4.98 Å². The largest absolute Gasteiger partial charge is 0.261 e. The SMILES string of the molecule is CC.Cc1ccc2c(c1)CCc1cccnc1C2. The van der Waals surface area contributed by atoms with Crippen LogP contribution in [0.15, 0.2) is 36.5 Å². The van der Waals surface area contributed by atoms with Crippen LogP contribution in [0.1, 0.15) is 41.8 Å². The highest BCUT2D eigenvalue weighted by atomic mass is 14.7. The fourth-order valence-electron chi connectivity index (χ4n) is 2.47. The summed E-state index contributed by atoms with van der Waals surface area (Å²) in [7, 11) is 0. The third kappa shape index (κ3) is 2.61. The average molecular weight is 239 g/mol. The van der Waals surface area contributed by atoms with Crippen LogP contribution in [0.4, 0.5) is 0 Å². The molecule has 0 aliphatic heterocycles. The highest BCUT2D eigenvalue weighted by molar-refractivity contribution is 5.39. The first-order valence-electron chi connectivity index (χ1n) is 6.84. The number of nitrogens with zero attached hydrogens (tertiary/aromatic N) is 1. The van der Waals surface area contributed by atoms with E-state index in [1.54, 1.807) is 0 Å². The Morgan fingerprint density at radius 1 is 0.944 bits per heavy atom. The molecule has 0 saturated carbocycles. The van der Waals surface area contributed by atoms with Crippen molar-refractivity contribution < 1.29 is 0 Å². The van der Waals surface area contributed by atoms with Gasteiger partial charge in [-0.05, 0) is 42.5 Å². The van der Waals surface area contributed by atoms with Gasteiger partial charge in [-0.2, -0.15) is 0 Å². The number of hydrogen-bond donors (Lipinski definition) is 0. The molecule has 2 aromatic rings. The van der Waals surface area contributed by atoms with E-state index in [2.05, 4.69) is 36.2 Å². The lowest BCUT2D eigenvalue weighted by molar-refractivity contribution is 0.950. The van der Waals surface area contributed by atoms with Crippen LogP contribution in [0.25, 0.3) is 0 Å². The second-order valence-corrected chi connectivity index (χ2v) is 4.56. The number of aryl methyl sites for hydroxylation is 3. The number of hydrogen-bond acceptors (Lipinski definition) is 1. The molecule has 0 fully saturated rings. The first-order valence-corrected chi connectivity index (χ1v) is 6.84. The van der Waals surface area contributed by atoms with Gasteiger partial charge < -0.3 is 0 Å². The van der Waals surface area contributed by atoms with Crippen LogP contribution in [0.5, 0.6) is 0 Å². The predicted molar refractivity (Wildman–Crippen MR) is 77.0 cm³/mol. The van der Waals surface area contributed by atoms with Gasteiger partial charge in [0.2, 0.25) is 0 Å². The van der Waals surface area contributed by atoms with Crippen molar-refractivity contribution in [2.24, 2.45) is 0 Å². The second-order valence-electron chi connectivity index (χ2n) is 4.56. The summed E-state index contributed by atoms with van der Waals surface area (Å²) in [5.74, 6) is 0. The van der Waals surface area contributed by atoms with Crippen LogP contribution in [0, 0.1) is 6.92 Å². The zero-order valence-electron chi connectivity index (χ0n) is 11.5. The molecule has 94 valence electrons. The summed E-state index contributed by atoms with van der Waals surface area (Å²) in [6.07, 6.45) is 5.17. The number of fused-ring (bicyclic) bond motifs is 2. The van der Waals surface area contributed by atoms with Gasteiger partial charge in [-0.3, -0.25) is 4.98 Å². The molecule has 3 rings (SSSR count). The van der Waals surface area contributed by atoms with Crippen molar-refractivity contribution in [2.75, 3.05) is 0 Å². The van der Waals surface area contributed by atoms with E-state index in [4.69, 9.17) is 0 Å². The zero-order valence-corrected chi connectivity index (χ0v) is 11.5. The van der Waals surface area contributed by atoms with Gasteiger partial charge in [0.1, 0.15) is 0 Å². The monoisotopic (exact) mass is 239 g/mol. The van der Waals surface area contributed by atoms with E-state index in [-0.39, 0.29) is 0 Å². The molecule has 0 atom stereocenters. The van der Waals surface area contributed by atoms with E-state index in [9.17, 15) is 0 Å². The van der Waals surface area contributed by atoms with Crippen LogP contribution >= 0.6 is 0 Å². The zero-order chi connectivity index (χ0) is 13.0. The van der Waals surface area contributed by atoms with Crippen molar-refractivity contribution in [3.8, 4) is 0 Å². The van der Waals surface area contributed by atoms with Gasteiger partial charge in [-0.1, -0.05) is 43.7 Å². The predicted octanol–water partition coefficient (Wildman–Crippen LogP) is 4.11. The normalized spacial score (nSPS) is 12.6. The molecule has 1 aromatic carbocycles. The van der Waals surface area contributed by atoms with Crippen LogP contribution in [-0.4, -0.2) is 4.98 Å². The van der Waals surface area contributed by atoms with E-state index in [0.717, 1.165) is 19.3 Å². The van der Waals surface area contributed by atoms with Gasteiger partial charge in [0.25, 0.3) is 0 Å². The van der Waals surface area contributed by atoms with Crippen LogP contribution < -0.4 is 0 Å². The average Bonchev–Trinajstić information content (AvgIpc) is 2.60. The Labute approximate surface area is 110 Å². The van der Waals surface area contributed by atoms with E-state index in [1.165, 1.54) is 27.9 Å². The first-order chi connectivity index (χ1) is 8.83. The minimum absolute atomic E-state index is 0.992. The molecule has 18 heavy (non-hydrogen) atoms. The fraction of sp³-hybridized carbons (Fsp3) is 0.353. The number of pyridine rings is 1. The van der Waals surface area contributed by atoms with E-state index in [1.807, 2.05) is 26.1 Å². The molecular formula is C17H21N. The second kappa shape index (κ2) is 5.81. The van der Waals surface area contributed by atoms with Gasteiger partial charge in [0.15, 0.2) is 0 Å². The molecule has 0 unspecified atom stereocenters. The molecule has 1 heteroatoms. The van der Waals surface area contributed by atoms with E-state index >= 15 is 0 Å².